The Morgan fingerprint density at radius 2 is 2.00 bits per heavy atom. The molecule has 1 aromatic heterocycles. The molecular weight excluding hydrogens is 228 g/mol. The Bertz CT molecular complexity index is 359. The third-order valence-electron chi connectivity index (χ3n) is 3.84. The molecule has 2 fully saturated rings. The summed E-state index contributed by atoms with van der Waals surface area (Å²) in [6.45, 7) is 4.37. The first-order chi connectivity index (χ1) is 8.95. The summed E-state index contributed by atoms with van der Waals surface area (Å²) < 4.78 is 10.9. The van der Waals surface area contributed by atoms with Gasteiger partial charge in [0.2, 0.25) is 0 Å². The molecule has 98 valence electrons. The highest BCUT2D eigenvalue weighted by Gasteiger charge is 2.32. The maximum Gasteiger partial charge on any atom is 0.146 e. The standard InChI is InChI=1S/C14H20N2O2/c1-2-7-16(6-1)14(12-4-3-5-15-8-12)13-9-17-11-18-10-13/h3-5,8,13-14H,1-2,6-7,9-11H2. The van der Waals surface area contributed by atoms with Crippen molar-refractivity contribution >= 4 is 0 Å². The second-order valence-corrected chi connectivity index (χ2v) is 5.09. The Balaban J connectivity index is 1.82. The van der Waals surface area contributed by atoms with Crippen molar-refractivity contribution in [2.75, 3.05) is 33.1 Å². The van der Waals surface area contributed by atoms with E-state index in [1.54, 1.807) is 0 Å². The first-order valence-electron chi connectivity index (χ1n) is 6.74. The minimum atomic E-state index is 0.390. The molecule has 18 heavy (non-hydrogen) atoms. The molecule has 3 heterocycles. The van der Waals surface area contributed by atoms with Gasteiger partial charge in [-0.15, -0.1) is 0 Å². The number of likely N-dealkylation sites (tertiary alicyclic amines) is 1. The van der Waals surface area contributed by atoms with E-state index in [0.29, 0.717) is 18.8 Å². The zero-order chi connectivity index (χ0) is 12.2. The molecule has 0 N–H and O–H groups in total. The molecule has 0 radical (unpaired) electrons. The summed E-state index contributed by atoms with van der Waals surface area (Å²) in [7, 11) is 0. The molecule has 0 bridgehead atoms. The molecule has 4 nitrogen and oxygen atoms in total. The lowest BCUT2D eigenvalue weighted by atomic mass is 9.93. The molecular formula is C14H20N2O2. The van der Waals surface area contributed by atoms with E-state index >= 15 is 0 Å². The summed E-state index contributed by atoms with van der Waals surface area (Å²) in [4.78, 5) is 6.82. The Morgan fingerprint density at radius 1 is 1.22 bits per heavy atom. The summed E-state index contributed by atoms with van der Waals surface area (Å²) in [5.41, 5.74) is 1.29. The minimum Gasteiger partial charge on any atom is -0.355 e. The normalized spacial score (nSPS) is 24.2. The van der Waals surface area contributed by atoms with E-state index in [2.05, 4.69) is 16.0 Å². The van der Waals surface area contributed by atoms with Crippen LogP contribution in [-0.2, 0) is 9.47 Å². The fourth-order valence-corrected chi connectivity index (χ4v) is 3.04. The summed E-state index contributed by atoms with van der Waals surface area (Å²) in [6, 6.07) is 4.58. The first-order valence-corrected chi connectivity index (χ1v) is 6.74. The number of rotatable bonds is 3. The van der Waals surface area contributed by atoms with Gasteiger partial charge in [0.25, 0.3) is 0 Å². The number of nitrogens with zero attached hydrogens (tertiary/aromatic N) is 2. The van der Waals surface area contributed by atoms with Crippen LogP contribution < -0.4 is 0 Å². The number of pyridine rings is 1. The topological polar surface area (TPSA) is 34.6 Å². The van der Waals surface area contributed by atoms with Crippen LogP contribution in [0.5, 0.6) is 0 Å². The number of hydrogen-bond acceptors (Lipinski definition) is 4. The predicted molar refractivity (Wildman–Crippen MR) is 68.0 cm³/mol. The monoisotopic (exact) mass is 248 g/mol. The SMILES string of the molecule is c1cncc(C(C2COCOC2)N2CCCC2)c1. The third-order valence-corrected chi connectivity index (χ3v) is 3.84. The molecule has 0 amide bonds. The van der Waals surface area contributed by atoms with Crippen LogP contribution >= 0.6 is 0 Å². The average Bonchev–Trinajstić information content (AvgIpc) is 2.95. The first kappa shape index (κ1) is 12.1. The maximum atomic E-state index is 5.47. The highest BCUT2D eigenvalue weighted by atomic mass is 16.7. The van der Waals surface area contributed by atoms with Crippen LogP contribution in [0, 0.1) is 5.92 Å². The second kappa shape index (κ2) is 5.78. The molecule has 1 unspecified atom stereocenters. The Hall–Kier alpha value is -0.970. The van der Waals surface area contributed by atoms with Gasteiger partial charge < -0.3 is 9.47 Å². The van der Waals surface area contributed by atoms with E-state index in [4.69, 9.17) is 9.47 Å². The van der Waals surface area contributed by atoms with Crippen molar-refractivity contribution in [1.82, 2.24) is 9.88 Å². The van der Waals surface area contributed by atoms with Gasteiger partial charge in [-0.05, 0) is 37.6 Å². The van der Waals surface area contributed by atoms with Gasteiger partial charge in [0.05, 0.1) is 13.2 Å². The molecule has 0 aliphatic carbocycles. The van der Waals surface area contributed by atoms with Crippen molar-refractivity contribution in [3.8, 4) is 0 Å². The van der Waals surface area contributed by atoms with Crippen LogP contribution in [0.25, 0.3) is 0 Å². The molecule has 0 saturated carbocycles. The van der Waals surface area contributed by atoms with E-state index in [-0.39, 0.29) is 0 Å². The fourth-order valence-electron chi connectivity index (χ4n) is 3.04. The lowest BCUT2D eigenvalue weighted by Gasteiger charge is -2.36. The molecule has 1 atom stereocenters. The number of ether oxygens (including phenoxy) is 2. The highest BCUT2D eigenvalue weighted by molar-refractivity contribution is 5.16. The molecule has 1 aromatic rings. The predicted octanol–water partition coefficient (Wildman–Crippen LogP) is 1.84. The lowest BCUT2D eigenvalue weighted by Crippen LogP contribution is -2.38. The van der Waals surface area contributed by atoms with E-state index in [0.717, 1.165) is 13.2 Å². The largest absolute Gasteiger partial charge is 0.355 e. The minimum absolute atomic E-state index is 0.390. The fraction of sp³-hybridized carbons (Fsp3) is 0.643. The third kappa shape index (κ3) is 2.55. The van der Waals surface area contributed by atoms with Gasteiger partial charge in [0, 0.05) is 24.4 Å². The van der Waals surface area contributed by atoms with E-state index in [1.165, 1.54) is 31.5 Å². The zero-order valence-corrected chi connectivity index (χ0v) is 10.6. The molecule has 2 aliphatic heterocycles. The zero-order valence-electron chi connectivity index (χ0n) is 10.6. The van der Waals surface area contributed by atoms with Gasteiger partial charge in [-0.1, -0.05) is 6.07 Å². The summed E-state index contributed by atoms with van der Waals surface area (Å²) in [5, 5.41) is 0. The Kier molecular flexibility index (Phi) is 3.88. The van der Waals surface area contributed by atoms with Crippen LogP contribution in [-0.4, -0.2) is 43.0 Å². The Labute approximate surface area is 108 Å². The average molecular weight is 248 g/mol. The summed E-state index contributed by atoms with van der Waals surface area (Å²) in [5.74, 6) is 0.418. The smallest absolute Gasteiger partial charge is 0.146 e. The van der Waals surface area contributed by atoms with E-state index < -0.39 is 0 Å². The van der Waals surface area contributed by atoms with Gasteiger partial charge in [-0.3, -0.25) is 9.88 Å². The van der Waals surface area contributed by atoms with Gasteiger partial charge in [-0.25, -0.2) is 0 Å². The van der Waals surface area contributed by atoms with E-state index in [9.17, 15) is 0 Å². The molecule has 4 heteroatoms. The van der Waals surface area contributed by atoms with Gasteiger partial charge >= 0.3 is 0 Å². The van der Waals surface area contributed by atoms with Gasteiger partial charge in [-0.2, -0.15) is 0 Å². The second-order valence-electron chi connectivity index (χ2n) is 5.09. The van der Waals surface area contributed by atoms with Crippen LogP contribution in [0.1, 0.15) is 24.4 Å². The molecule has 0 spiro atoms. The quantitative estimate of drug-likeness (QED) is 0.817. The van der Waals surface area contributed by atoms with Crippen LogP contribution in [0.15, 0.2) is 24.5 Å². The molecule has 2 aliphatic rings. The van der Waals surface area contributed by atoms with Crippen molar-refractivity contribution in [2.24, 2.45) is 5.92 Å². The van der Waals surface area contributed by atoms with Crippen LogP contribution in [0.2, 0.25) is 0 Å². The lowest BCUT2D eigenvalue weighted by molar-refractivity contribution is -0.140. The molecule has 2 saturated heterocycles. The van der Waals surface area contributed by atoms with Gasteiger partial charge in [0.15, 0.2) is 0 Å². The van der Waals surface area contributed by atoms with Crippen molar-refractivity contribution in [3.63, 3.8) is 0 Å². The van der Waals surface area contributed by atoms with Crippen molar-refractivity contribution < 1.29 is 9.47 Å². The Morgan fingerprint density at radius 3 is 2.67 bits per heavy atom. The van der Waals surface area contributed by atoms with Crippen LogP contribution in [0.3, 0.4) is 0 Å². The number of hydrogen-bond donors (Lipinski definition) is 0. The van der Waals surface area contributed by atoms with Crippen molar-refractivity contribution in [3.05, 3.63) is 30.1 Å². The summed E-state index contributed by atoms with van der Waals surface area (Å²) >= 11 is 0. The number of aromatic nitrogens is 1. The van der Waals surface area contributed by atoms with Crippen LogP contribution in [0.4, 0.5) is 0 Å². The maximum absolute atomic E-state index is 5.47. The summed E-state index contributed by atoms with van der Waals surface area (Å²) in [6.07, 6.45) is 6.41. The van der Waals surface area contributed by atoms with Gasteiger partial charge in [0.1, 0.15) is 6.79 Å². The van der Waals surface area contributed by atoms with E-state index in [1.807, 2.05) is 18.5 Å². The van der Waals surface area contributed by atoms with Crippen molar-refractivity contribution in [2.45, 2.75) is 18.9 Å². The highest BCUT2D eigenvalue weighted by Crippen LogP contribution is 2.32. The molecule has 0 aromatic carbocycles. The molecule has 3 rings (SSSR count). The van der Waals surface area contributed by atoms with Crippen molar-refractivity contribution in [1.29, 1.82) is 0 Å².